The molecule has 0 saturated carbocycles. The summed E-state index contributed by atoms with van der Waals surface area (Å²) in [6.45, 7) is 1.81. The summed E-state index contributed by atoms with van der Waals surface area (Å²) in [5.41, 5.74) is 5.49. The van der Waals surface area contributed by atoms with Crippen molar-refractivity contribution in [2.45, 2.75) is 6.92 Å². The highest BCUT2D eigenvalue weighted by Gasteiger charge is 2.16. The number of esters is 1. The summed E-state index contributed by atoms with van der Waals surface area (Å²) < 4.78 is 9.74. The molecule has 0 atom stereocenters. The number of methoxy groups -OCH3 is 1. The number of hydrogen-bond donors (Lipinski definition) is 1. The predicted octanol–water partition coefficient (Wildman–Crippen LogP) is 2.02. The first-order valence-corrected chi connectivity index (χ1v) is 6.67. The molecule has 0 heterocycles. The van der Waals surface area contributed by atoms with Gasteiger partial charge in [0.1, 0.15) is 11.3 Å². The van der Waals surface area contributed by atoms with Crippen LogP contribution in [0.1, 0.15) is 17.3 Å². The lowest BCUT2D eigenvalue weighted by Gasteiger charge is -2.03. The van der Waals surface area contributed by atoms with Crippen molar-refractivity contribution in [3.05, 3.63) is 41.6 Å². The van der Waals surface area contributed by atoms with E-state index in [4.69, 9.17) is 27.4 Å². The first-order chi connectivity index (χ1) is 10.5. The summed E-state index contributed by atoms with van der Waals surface area (Å²) in [7, 11) is 1.52. The fourth-order valence-corrected chi connectivity index (χ4v) is 1.56. The minimum atomic E-state index is -0.717. The molecule has 1 aromatic carbocycles. The van der Waals surface area contributed by atoms with E-state index in [1.54, 1.807) is 19.1 Å². The van der Waals surface area contributed by atoms with Crippen LogP contribution in [-0.2, 0) is 9.53 Å². The third-order valence-electron chi connectivity index (χ3n) is 2.46. The van der Waals surface area contributed by atoms with Crippen molar-refractivity contribution in [1.29, 1.82) is 0 Å². The minimum Gasteiger partial charge on any atom is -0.497 e. The average molecular weight is 321 g/mol. The van der Waals surface area contributed by atoms with Gasteiger partial charge in [0.25, 0.3) is 5.91 Å². The number of carbonyl (C=O) groups excluding carboxylic acids is 2. The van der Waals surface area contributed by atoms with Gasteiger partial charge in [-0.05, 0) is 31.2 Å². The molecule has 0 bridgehead atoms. The van der Waals surface area contributed by atoms with E-state index >= 15 is 0 Å². The predicted molar refractivity (Wildman–Crippen MR) is 83.7 cm³/mol. The van der Waals surface area contributed by atoms with E-state index in [-0.39, 0.29) is 17.2 Å². The minimum absolute atomic E-state index is 0.122. The van der Waals surface area contributed by atoms with Gasteiger partial charge in [-0.15, -0.1) is 10.2 Å². The van der Waals surface area contributed by atoms with Gasteiger partial charge >= 0.3 is 5.97 Å². The van der Waals surface area contributed by atoms with Crippen LogP contribution >= 0.6 is 12.2 Å². The van der Waals surface area contributed by atoms with Crippen LogP contribution in [0.15, 0.2) is 46.3 Å². The molecule has 0 aliphatic carbocycles. The molecule has 1 amide bonds. The fraction of sp³-hybridized carbons (Fsp3) is 0.214. The molecule has 0 aromatic heterocycles. The van der Waals surface area contributed by atoms with Crippen LogP contribution in [-0.4, -0.2) is 30.6 Å². The van der Waals surface area contributed by atoms with Crippen LogP contribution in [0.2, 0.25) is 0 Å². The van der Waals surface area contributed by atoms with Gasteiger partial charge < -0.3 is 15.2 Å². The molecule has 0 saturated heterocycles. The summed E-state index contributed by atoms with van der Waals surface area (Å²) in [4.78, 5) is 23.2. The Hall–Kier alpha value is -2.61. The topological polar surface area (TPSA) is 103 Å². The molecule has 0 aliphatic rings. The van der Waals surface area contributed by atoms with Crippen molar-refractivity contribution in [1.82, 2.24) is 0 Å². The maximum absolute atomic E-state index is 11.8. The lowest BCUT2D eigenvalue weighted by molar-refractivity contribution is -0.137. The van der Waals surface area contributed by atoms with Gasteiger partial charge in [0.05, 0.1) is 13.7 Å². The molecular formula is C14H15N3O4S. The Bertz CT molecular complexity index is 623. The molecule has 0 spiro atoms. The zero-order valence-corrected chi connectivity index (χ0v) is 12.9. The van der Waals surface area contributed by atoms with Crippen molar-refractivity contribution >= 4 is 29.1 Å². The largest absolute Gasteiger partial charge is 0.497 e. The van der Waals surface area contributed by atoms with Crippen molar-refractivity contribution in [2.24, 2.45) is 16.0 Å². The smallest absolute Gasteiger partial charge is 0.342 e. The molecular weight excluding hydrogens is 306 g/mol. The highest BCUT2D eigenvalue weighted by molar-refractivity contribution is 7.80. The van der Waals surface area contributed by atoms with Crippen LogP contribution in [0.25, 0.3) is 0 Å². The molecule has 1 aromatic rings. The SMILES string of the molecule is CCOC(=O)C(=CN)C(=S)N=NC(=O)c1ccc(OC)cc1. The Morgan fingerprint density at radius 1 is 1.27 bits per heavy atom. The fourth-order valence-electron chi connectivity index (χ4n) is 1.37. The molecule has 0 aliphatic heterocycles. The maximum atomic E-state index is 11.8. The third-order valence-corrected chi connectivity index (χ3v) is 2.76. The first kappa shape index (κ1) is 17.4. The number of amides is 1. The zero-order valence-electron chi connectivity index (χ0n) is 12.1. The normalized spacial score (nSPS) is 11.3. The summed E-state index contributed by atoms with van der Waals surface area (Å²) in [6.07, 6.45) is 0.969. The van der Waals surface area contributed by atoms with E-state index in [2.05, 4.69) is 10.2 Å². The van der Waals surface area contributed by atoms with Gasteiger partial charge in [0.15, 0.2) is 4.99 Å². The lowest BCUT2D eigenvalue weighted by atomic mass is 10.2. The molecule has 0 unspecified atom stereocenters. The lowest BCUT2D eigenvalue weighted by Crippen LogP contribution is -2.15. The number of hydrogen-bond acceptors (Lipinski definition) is 6. The molecule has 8 heteroatoms. The van der Waals surface area contributed by atoms with Crippen LogP contribution in [0, 0.1) is 0 Å². The summed E-state index contributed by atoms with van der Waals surface area (Å²) in [5.74, 6) is -0.712. The van der Waals surface area contributed by atoms with Crippen molar-refractivity contribution in [3.63, 3.8) is 0 Å². The highest BCUT2D eigenvalue weighted by atomic mass is 32.1. The highest BCUT2D eigenvalue weighted by Crippen LogP contribution is 2.12. The monoisotopic (exact) mass is 321 g/mol. The molecule has 1 rings (SSSR count). The summed E-state index contributed by atoms with van der Waals surface area (Å²) in [6, 6.07) is 6.30. The number of rotatable bonds is 5. The molecule has 0 radical (unpaired) electrons. The number of azo groups is 1. The maximum Gasteiger partial charge on any atom is 0.342 e. The van der Waals surface area contributed by atoms with Gasteiger partial charge in [0, 0.05) is 11.8 Å². The van der Waals surface area contributed by atoms with Gasteiger partial charge in [-0.1, -0.05) is 12.2 Å². The van der Waals surface area contributed by atoms with E-state index in [0.29, 0.717) is 11.3 Å². The van der Waals surface area contributed by atoms with Gasteiger partial charge in [-0.3, -0.25) is 4.79 Å². The van der Waals surface area contributed by atoms with Crippen LogP contribution < -0.4 is 10.5 Å². The Morgan fingerprint density at radius 2 is 1.91 bits per heavy atom. The zero-order chi connectivity index (χ0) is 16.5. The van der Waals surface area contributed by atoms with E-state index < -0.39 is 11.9 Å². The number of thiocarbonyl (C=S) groups is 1. The van der Waals surface area contributed by atoms with Gasteiger partial charge in [-0.25, -0.2) is 4.79 Å². The van der Waals surface area contributed by atoms with E-state index in [1.807, 2.05) is 0 Å². The molecule has 2 N–H and O–H groups in total. The number of benzene rings is 1. The molecule has 116 valence electrons. The second kappa shape index (κ2) is 8.63. The van der Waals surface area contributed by atoms with Crippen molar-refractivity contribution in [3.8, 4) is 5.75 Å². The van der Waals surface area contributed by atoms with Crippen LogP contribution in [0.3, 0.4) is 0 Å². The summed E-state index contributed by atoms with van der Waals surface area (Å²) >= 11 is 4.89. The number of nitrogens with zero attached hydrogens (tertiary/aromatic N) is 2. The Balaban J connectivity index is 2.79. The van der Waals surface area contributed by atoms with E-state index in [0.717, 1.165) is 6.20 Å². The summed E-state index contributed by atoms with van der Waals surface area (Å²) in [5, 5.41) is 7.01. The van der Waals surface area contributed by atoms with Crippen LogP contribution in [0.5, 0.6) is 5.75 Å². The van der Waals surface area contributed by atoms with Crippen molar-refractivity contribution < 1.29 is 19.1 Å². The molecule has 0 fully saturated rings. The van der Waals surface area contributed by atoms with E-state index in [9.17, 15) is 9.59 Å². The second-order valence-electron chi connectivity index (χ2n) is 3.84. The van der Waals surface area contributed by atoms with Crippen LogP contribution in [0.4, 0.5) is 0 Å². The third kappa shape index (κ3) is 4.74. The standard InChI is InChI=1S/C14H15N3O4S/c1-3-21-14(19)11(8-15)13(22)17-16-12(18)9-4-6-10(20-2)7-5-9/h4-8H,3,15H2,1-2H3. The Morgan fingerprint density at radius 3 is 2.41 bits per heavy atom. The second-order valence-corrected chi connectivity index (χ2v) is 4.23. The number of ether oxygens (including phenoxy) is 2. The number of nitrogens with two attached hydrogens (primary N) is 1. The first-order valence-electron chi connectivity index (χ1n) is 6.27. The van der Waals surface area contributed by atoms with Crippen molar-refractivity contribution in [2.75, 3.05) is 13.7 Å². The quantitative estimate of drug-likeness (QED) is 0.385. The van der Waals surface area contributed by atoms with Gasteiger partial charge in [0.2, 0.25) is 0 Å². The Kier molecular flexibility index (Phi) is 6.84. The number of carbonyl (C=O) groups is 2. The Labute approximate surface area is 132 Å². The molecule has 7 nitrogen and oxygen atoms in total. The molecule has 22 heavy (non-hydrogen) atoms. The average Bonchev–Trinajstić information content (AvgIpc) is 2.53. The van der Waals surface area contributed by atoms with E-state index in [1.165, 1.54) is 19.2 Å². The van der Waals surface area contributed by atoms with Gasteiger partial charge in [-0.2, -0.15) is 0 Å².